The molecule has 2 unspecified atom stereocenters. The molecule has 1 aliphatic carbocycles. The quantitative estimate of drug-likeness (QED) is 0.854. The largest absolute Gasteiger partial charge is 0.375 e. The van der Waals surface area contributed by atoms with E-state index in [0.717, 1.165) is 12.8 Å². The van der Waals surface area contributed by atoms with E-state index in [4.69, 9.17) is 4.74 Å². The minimum atomic E-state index is 0.0473. The van der Waals surface area contributed by atoms with Crippen molar-refractivity contribution in [2.24, 2.45) is 5.41 Å². The lowest BCUT2D eigenvalue weighted by Crippen LogP contribution is -2.55. The summed E-state index contributed by atoms with van der Waals surface area (Å²) >= 11 is 0. The molecule has 4 fully saturated rings. The van der Waals surface area contributed by atoms with E-state index in [0.29, 0.717) is 30.6 Å². The lowest BCUT2D eigenvalue weighted by Gasteiger charge is -2.41. The van der Waals surface area contributed by atoms with Crippen LogP contribution in [-0.2, 0) is 9.53 Å². The fourth-order valence-corrected chi connectivity index (χ4v) is 5.10. The molecule has 3 amide bonds. The maximum Gasteiger partial charge on any atom is 0.318 e. The number of urea groups is 1. The minimum absolute atomic E-state index is 0.0473. The third kappa shape index (κ3) is 3.01. The van der Waals surface area contributed by atoms with E-state index >= 15 is 0 Å². The van der Waals surface area contributed by atoms with Crippen LogP contribution in [0.4, 0.5) is 4.79 Å². The monoisotopic (exact) mass is 335 g/mol. The number of nitrogens with one attached hydrogen (secondary N) is 1. The van der Waals surface area contributed by atoms with Gasteiger partial charge in [-0.25, -0.2) is 4.79 Å². The van der Waals surface area contributed by atoms with Crippen LogP contribution in [0.5, 0.6) is 0 Å². The molecule has 3 heterocycles. The van der Waals surface area contributed by atoms with Crippen molar-refractivity contribution in [3.63, 3.8) is 0 Å². The van der Waals surface area contributed by atoms with E-state index in [1.807, 2.05) is 4.90 Å². The number of hydrogen-bond donors (Lipinski definition) is 1. The van der Waals surface area contributed by atoms with Gasteiger partial charge >= 0.3 is 6.03 Å². The van der Waals surface area contributed by atoms with Crippen molar-refractivity contribution in [2.75, 3.05) is 26.8 Å². The third-order valence-electron chi connectivity index (χ3n) is 6.59. The summed E-state index contributed by atoms with van der Waals surface area (Å²) in [4.78, 5) is 28.6. The first-order valence-corrected chi connectivity index (χ1v) is 9.46. The lowest BCUT2D eigenvalue weighted by molar-refractivity contribution is -0.136. The third-order valence-corrected chi connectivity index (χ3v) is 6.59. The number of ether oxygens (including phenoxy) is 1. The van der Waals surface area contributed by atoms with Crippen LogP contribution >= 0.6 is 0 Å². The number of fused-ring (bicyclic) bond motifs is 2. The molecule has 0 aromatic carbocycles. The molecule has 6 heteroatoms. The van der Waals surface area contributed by atoms with Gasteiger partial charge in [0.2, 0.25) is 5.91 Å². The molecule has 6 nitrogen and oxygen atoms in total. The highest BCUT2D eigenvalue weighted by molar-refractivity contribution is 5.78. The predicted molar refractivity (Wildman–Crippen MR) is 89.6 cm³/mol. The van der Waals surface area contributed by atoms with Gasteiger partial charge in [-0.2, -0.15) is 0 Å². The normalized spacial score (nSPS) is 31.4. The molecule has 24 heavy (non-hydrogen) atoms. The van der Waals surface area contributed by atoms with Gasteiger partial charge in [-0.3, -0.25) is 4.79 Å². The molecule has 3 saturated heterocycles. The van der Waals surface area contributed by atoms with Crippen molar-refractivity contribution in [1.82, 2.24) is 15.1 Å². The van der Waals surface area contributed by atoms with Crippen LogP contribution in [0.3, 0.4) is 0 Å². The van der Waals surface area contributed by atoms with Crippen molar-refractivity contribution in [3.05, 3.63) is 0 Å². The fraction of sp³-hybridized carbons (Fsp3) is 0.889. The number of nitrogens with zero attached hydrogens (tertiary/aromatic N) is 2. The molecule has 1 spiro atoms. The maximum atomic E-state index is 12.8. The van der Waals surface area contributed by atoms with Gasteiger partial charge in [-0.1, -0.05) is 0 Å². The molecular formula is C18H29N3O3. The summed E-state index contributed by atoms with van der Waals surface area (Å²) in [6, 6.07) is 1.27. The molecule has 4 rings (SSSR count). The van der Waals surface area contributed by atoms with Crippen molar-refractivity contribution in [1.29, 1.82) is 0 Å². The summed E-state index contributed by atoms with van der Waals surface area (Å²) in [7, 11) is 1.55. The second-order valence-corrected chi connectivity index (χ2v) is 8.24. The van der Waals surface area contributed by atoms with Crippen LogP contribution in [0.15, 0.2) is 0 Å². The van der Waals surface area contributed by atoms with E-state index in [-0.39, 0.29) is 24.6 Å². The number of amides is 3. The van der Waals surface area contributed by atoms with Crippen LogP contribution < -0.4 is 5.32 Å². The summed E-state index contributed by atoms with van der Waals surface area (Å²) < 4.78 is 4.91. The highest BCUT2D eigenvalue weighted by atomic mass is 16.5. The van der Waals surface area contributed by atoms with Gasteiger partial charge < -0.3 is 19.9 Å². The summed E-state index contributed by atoms with van der Waals surface area (Å²) in [5.41, 5.74) is 0.607. The Hall–Kier alpha value is -1.30. The number of likely N-dealkylation sites (tertiary alicyclic amines) is 1. The second kappa shape index (κ2) is 6.21. The molecule has 0 radical (unpaired) electrons. The van der Waals surface area contributed by atoms with Crippen LogP contribution in [0, 0.1) is 5.41 Å². The molecule has 1 saturated carbocycles. The molecule has 0 aromatic heterocycles. The van der Waals surface area contributed by atoms with Crippen LogP contribution in [0.2, 0.25) is 0 Å². The second-order valence-electron chi connectivity index (χ2n) is 8.24. The number of hydrogen-bond acceptors (Lipinski definition) is 3. The zero-order chi connectivity index (χ0) is 16.7. The SMILES string of the molecule is COCC(=O)N1CCC(NC(=O)N2C3CCC2CC2(CC2)C3)CC1. The first-order chi connectivity index (χ1) is 11.6. The van der Waals surface area contributed by atoms with Gasteiger partial charge in [0.05, 0.1) is 0 Å². The predicted octanol–water partition coefficient (Wildman–Crippen LogP) is 1.74. The Balaban J connectivity index is 1.28. The Bertz CT molecular complexity index is 496. The molecule has 4 aliphatic rings. The first kappa shape index (κ1) is 16.2. The summed E-state index contributed by atoms with van der Waals surface area (Å²) in [5, 5.41) is 3.25. The van der Waals surface area contributed by atoms with Crippen LogP contribution in [-0.4, -0.2) is 66.7 Å². The highest BCUT2D eigenvalue weighted by Crippen LogP contribution is 2.59. The standard InChI is InChI=1S/C18H29N3O3/c1-24-12-16(22)20-8-4-13(5-9-20)19-17(23)21-14-2-3-15(21)11-18(10-14)6-7-18/h13-15H,2-12H2,1H3,(H,19,23). The number of carbonyl (C=O) groups is 2. The minimum Gasteiger partial charge on any atom is -0.375 e. The Morgan fingerprint density at radius 3 is 2.25 bits per heavy atom. The zero-order valence-corrected chi connectivity index (χ0v) is 14.6. The van der Waals surface area contributed by atoms with Gasteiger partial charge in [0.1, 0.15) is 6.61 Å². The molecule has 0 aromatic rings. The lowest BCUT2D eigenvalue weighted by atomic mass is 9.88. The smallest absolute Gasteiger partial charge is 0.318 e. The van der Waals surface area contributed by atoms with E-state index in [2.05, 4.69) is 10.2 Å². The Morgan fingerprint density at radius 1 is 1.08 bits per heavy atom. The molecule has 1 N–H and O–H groups in total. The summed E-state index contributed by atoms with van der Waals surface area (Å²) in [5.74, 6) is 0.0473. The average molecular weight is 335 g/mol. The van der Waals surface area contributed by atoms with Crippen molar-refractivity contribution in [2.45, 2.75) is 69.5 Å². The molecule has 134 valence electrons. The van der Waals surface area contributed by atoms with Gasteiger partial charge in [0, 0.05) is 38.3 Å². The Kier molecular flexibility index (Phi) is 4.19. The van der Waals surface area contributed by atoms with Crippen LogP contribution in [0.25, 0.3) is 0 Å². The van der Waals surface area contributed by atoms with Gasteiger partial charge in [-0.15, -0.1) is 0 Å². The number of methoxy groups -OCH3 is 1. The Morgan fingerprint density at radius 2 is 1.71 bits per heavy atom. The number of carbonyl (C=O) groups excluding carboxylic acids is 2. The molecular weight excluding hydrogens is 306 g/mol. The van der Waals surface area contributed by atoms with E-state index < -0.39 is 0 Å². The number of rotatable bonds is 3. The van der Waals surface area contributed by atoms with E-state index in [1.165, 1.54) is 38.5 Å². The maximum absolute atomic E-state index is 12.8. The fourth-order valence-electron chi connectivity index (χ4n) is 5.10. The molecule has 2 atom stereocenters. The van der Waals surface area contributed by atoms with E-state index in [9.17, 15) is 9.59 Å². The van der Waals surface area contributed by atoms with Crippen molar-refractivity contribution in [3.8, 4) is 0 Å². The van der Waals surface area contributed by atoms with Crippen LogP contribution in [0.1, 0.15) is 51.4 Å². The van der Waals surface area contributed by atoms with Gasteiger partial charge in [0.15, 0.2) is 0 Å². The summed E-state index contributed by atoms with van der Waals surface area (Å²) in [6.07, 6.45) is 9.25. The molecule has 2 bridgehead atoms. The first-order valence-electron chi connectivity index (χ1n) is 9.46. The van der Waals surface area contributed by atoms with Crippen molar-refractivity contribution < 1.29 is 14.3 Å². The summed E-state index contributed by atoms with van der Waals surface area (Å²) in [6.45, 7) is 1.57. The van der Waals surface area contributed by atoms with E-state index in [1.54, 1.807) is 7.11 Å². The zero-order valence-electron chi connectivity index (χ0n) is 14.6. The van der Waals surface area contributed by atoms with Gasteiger partial charge in [-0.05, 0) is 56.8 Å². The average Bonchev–Trinajstić information content (AvgIpc) is 3.25. The van der Waals surface area contributed by atoms with Crippen molar-refractivity contribution >= 4 is 11.9 Å². The molecule has 3 aliphatic heterocycles. The highest BCUT2D eigenvalue weighted by Gasteiger charge is 2.55. The Labute approximate surface area is 143 Å². The topological polar surface area (TPSA) is 61.9 Å². The van der Waals surface area contributed by atoms with Gasteiger partial charge in [0.25, 0.3) is 0 Å². The number of piperidine rings is 2.